The lowest BCUT2D eigenvalue weighted by atomic mass is 9.89. The maximum atomic E-state index is 13.0. The van der Waals surface area contributed by atoms with Gasteiger partial charge in [-0.25, -0.2) is 39.4 Å². The van der Waals surface area contributed by atoms with Crippen LogP contribution in [0.5, 0.6) is 0 Å². The Labute approximate surface area is 710 Å². The Bertz CT molecular complexity index is 6920. The standard InChI is InChI=1S/C24H26N6O2.C22H23ClN6O2.C22H24N6O2.C22H23N5O3/c1-15-11-30-22(16(2)25-15)9-21(27-30)20-10-24(31)29-12-18(3-4-23(29)26-20)17-5-7-28(8-6-17)19-13-32-14-19;1-14-11-28-12-16(8-17(23)22(28)25-14)18-9-21(31)29-13-19(24-10-20(29)26-18)15-2-4-27(5-3-15)6-7-30;1-4-26-7-9-27(10-8-26)16-5-6-19-24-18(12-20(29)28(19)13-16)22-25-17-11-14(2)23-15(3)21(17)30-22;1-14-23-18-3-2-16(12-20(18)30-14)19-13-22(29)27-21(24-19)5-4-17(25-27)15-6-8-26(9-7-15)10-11-28/h3-4,9-12,17,19H,5-8,13-14H2,1-2H3;8-13,15,30H,2-7H2,1H3;5-6,11-13H,4,7-10H2,1-3H3;2-5,12-13,15,28H,6-11H2,1H3. The van der Waals surface area contributed by atoms with Crippen molar-refractivity contribution in [1.29, 1.82) is 0 Å². The maximum Gasteiger partial charge on any atom is 0.275 e. The zero-order chi connectivity index (χ0) is 84.8. The molecule has 0 unspecified atom stereocenters. The Kier molecular flexibility index (Phi) is 23.2. The molecule has 632 valence electrons. The van der Waals surface area contributed by atoms with E-state index in [1.54, 1.807) is 38.5 Å². The van der Waals surface area contributed by atoms with Crippen LogP contribution in [0.1, 0.15) is 115 Å². The van der Waals surface area contributed by atoms with E-state index < -0.39 is 0 Å². The molecule has 0 saturated carbocycles. The third-order valence-corrected chi connectivity index (χ3v) is 24.5. The van der Waals surface area contributed by atoms with E-state index in [2.05, 4.69) is 92.5 Å². The molecule has 0 spiro atoms. The van der Waals surface area contributed by atoms with E-state index in [-0.39, 0.29) is 35.5 Å². The zero-order valence-corrected chi connectivity index (χ0v) is 70.5. The number of aryl methyl sites for hydroxylation is 6. The highest BCUT2D eigenvalue weighted by Gasteiger charge is 2.32. The van der Waals surface area contributed by atoms with E-state index in [1.807, 2.05) is 141 Å². The summed E-state index contributed by atoms with van der Waals surface area (Å²) < 4.78 is 26.7. The van der Waals surface area contributed by atoms with Gasteiger partial charge in [0.25, 0.3) is 22.2 Å². The van der Waals surface area contributed by atoms with Gasteiger partial charge in [0.05, 0.1) is 112 Å². The van der Waals surface area contributed by atoms with Gasteiger partial charge in [-0.3, -0.25) is 52.2 Å². The number of nitrogens with zero attached hydrogens (tertiary/aromatic N) is 23. The number of piperazine rings is 1. The van der Waals surface area contributed by atoms with Gasteiger partial charge in [-0.15, -0.1) is 0 Å². The fraction of sp³-hybridized carbons (Fsp3) is 0.378. The molecule has 0 atom stereocenters. The number of aromatic nitrogens is 18. The Hall–Kier alpha value is -12.3. The van der Waals surface area contributed by atoms with Crippen LogP contribution >= 0.6 is 11.6 Å². The van der Waals surface area contributed by atoms with E-state index in [9.17, 15) is 19.2 Å². The smallest absolute Gasteiger partial charge is 0.275 e. The van der Waals surface area contributed by atoms with Crippen LogP contribution in [0.3, 0.4) is 0 Å². The number of piperidine rings is 3. The molecule has 21 rings (SSSR count). The number of pyridine rings is 4. The number of oxazole rings is 2. The van der Waals surface area contributed by atoms with Crippen LogP contribution in [0.4, 0.5) is 5.69 Å². The SMILES string of the molecule is CCN1CCN(c2ccc3nc(-c4nc5cc(C)nc(C)c5o4)cc(=O)n3c2)CC1.Cc1cn2cc(-c3cc(=O)n4cc(C5CCN(CCO)CC5)ncc4n3)cc(Cl)c2n1.Cc1cn2nc(-c3cc(=O)n4cc(C5CCN(C6COC6)CC5)ccc4n3)cc2c(C)n1.Cc1nc2ccc(-c3cc(=O)n4nc(C5CCN(CCO)CC5)ccc4n3)cc2o1. The number of rotatable bonds is 14. The predicted octanol–water partition coefficient (Wildman–Crippen LogP) is 10.2. The molecule has 0 bridgehead atoms. The van der Waals surface area contributed by atoms with Crippen molar-refractivity contribution in [3.05, 3.63) is 238 Å². The molecular formula is C90H96ClN23O9. The van der Waals surface area contributed by atoms with Crippen molar-refractivity contribution in [2.24, 2.45) is 0 Å². The van der Waals surface area contributed by atoms with Gasteiger partial charge in [0.1, 0.15) is 33.7 Å². The first-order chi connectivity index (χ1) is 59.7. The van der Waals surface area contributed by atoms with E-state index in [1.165, 1.54) is 28.3 Å². The first kappa shape index (κ1) is 81.7. The zero-order valence-electron chi connectivity index (χ0n) is 69.8. The second-order valence-electron chi connectivity index (χ2n) is 32.5. The molecular weight excluding hydrogens is 1580 g/mol. The summed E-state index contributed by atoms with van der Waals surface area (Å²) in [4.78, 5) is 109. The summed E-state index contributed by atoms with van der Waals surface area (Å²) in [5.41, 5.74) is 18.8. The molecule has 5 aliphatic rings. The lowest BCUT2D eigenvalue weighted by molar-refractivity contribution is -0.0712. The molecule has 0 amide bonds. The summed E-state index contributed by atoms with van der Waals surface area (Å²) in [7, 11) is 0. The largest absolute Gasteiger partial charge is 0.441 e. The number of anilines is 1. The summed E-state index contributed by atoms with van der Waals surface area (Å²) in [6, 6.07) is 29.7. The molecule has 33 heteroatoms. The minimum Gasteiger partial charge on any atom is -0.441 e. The molecule has 15 aromatic heterocycles. The Balaban J connectivity index is 0.000000112. The van der Waals surface area contributed by atoms with Crippen molar-refractivity contribution in [1.82, 2.24) is 106 Å². The summed E-state index contributed by atoms with van der Waals surface area (Å²) >= 11 is 6.40. The average molecular weight is 1680 g/mol. The number of β-amino-alcohol motifs (C(OH)–C–C–N with tert-alkyl or cyclic N) is 2. The highest BCUT2D eigenvalue weighted by Crippen LogP contribution is 2.34. The molecule has 0 aliphatic carbocycles. The van der Waals surface area contributed by atoms with Gasteiger partial charge in [-0.2, -0.15) is 14.7 Å². The van der Waals surface area contributed by atoms with Crippen molar-refractivity contribution in [2.75, 3.05) is 116 Å². The number of imidazole rings is 1. The number of hydrogen-bond donors (Lipinski definition) is 2. The number of likely N-dealkylation sites (tertiary alicyclic amines) is 3. The maximum absolute atomic E-state index is 13.0. The Morgan fingerprint density at radius 3 is 1.81 bits per heavy atom. The first-order valence-corrected chi connectivity index (χ1v) is 42.5. The van der Waals surface area contributed by atoms with Crippen molar-refractivity contribution in [3.8, 4) is 45.5 Å². The van der Waals surface area contributed by atoms with Gasteiger partial charge >= 0.3 is 0 Å². The third kappa shape index (κ3) is 17.4. The molecule has 32 nitrogen and oxygen atoms in total. The number of fused-ring (bicyclic) bond motifs is 8. The first-order valence-electron chi connectivity index (χ1n) is 42.1. The van der Waals surface area contributed by atoms with Crippen molar-refractivity contribution >= 4 is 73.2 Å². The number of aliphatic hydroxyl groups excluding tert-OH is 2. The molecule has 5 aliphatic heterocycles. The second-order valence-corrected chi connectivity index (χ2v) is 33.0. The minimum atomic E-state index is -0.205. The highest BCUT2D eigenvalue weighted by molar-refractivity contribution is 6.33. The molecule has 2 N–H and O–H groups in total. The van der Waals surface area contributed by atoms with Crippen LogP contribution in [0, 0.1) is 41.5 Å². The summed E-state index contributed by atoms with van der Waals surface area (Å²) in [6.45, 7) is 28.1. The number of ether oxygens (including phenoxy) is 1. The van der Waals surface area contributed by atoms with Crippen LogP contribution in [-0.4, -0.2) is 234 Å². The number of benzene rings is 1. The van der Waals surface area contributed by atoms with Crippen molar-refractivity contribution < 1.29 is 23.8 Å². The van der Waals surface area contributed by atoms with E-state index in [0.717, 1.165) is 197 Å². The molecule has 123 heavy (non-hydrogen) atoms. The summed E-state index contributed by atoms with van der Waals surface area (Å²) in [5.74, 6) is 2.03. The fourth-order valence-electron chi connectivity index (χ4n) is 17.5. The van der Waals surface area contributed by atoms with E-state index >= 15 is 0 Å². The number of hydrogen-bond acceptors (Lipinski definition) is 26. The summed E-state index contributed by atoms with van der Waals surface area (Å²) in [6.07, 6.45) is 19.1. The van der Waals surface area contributed by atoms with Crippen molar-refractivity contribution in [3.63, 3.8) is 0 Å². The lowest BCUT2D eigenvalue weighted by Crippen LogP contribution is -2.51. The third-order valence-electron chi connectivity index (χ3n) is 24.2. The quantitative estimate of drug-likeness (QED) is 0.102. The molecule has 20 heterocycles. The lowest BCUT2D eigenvalue weighted by Gasteiger charge is -2.41. The van der Waals surface area contributed by atoms with Gasteiger partial charge in [0.15, 0.2) is 34.0 Å². The van der Waals surface area contributed by atoms with Crippen LogP contribution in [0.2, 0.25) is 5.02 Å². The van der Waals surface area contributed by atoms with E-state index in [4.69, 9.17) is 40.4 Å². The molecule has 5 saturated heterocycles. The Morgan fingerprint density at radius 1 is 0.472 bits per heavy atom. The van der Waals surface area contributed by atoms with Gasteiger partial charge in [0, 0.05) is 130 Å². The van der Waals surface area contributed by atoms with Gasteiger partial charge in [0.2, 0.25) is 5.89 Å². The summed E-state index contributed by atoms with van der Waals surface area (Å²) in [5, 5.41) is 28.0. The fourth-order valence-corrected chi connectivity index (χ4v) is 17.7. The minimum absolute atomic E-state index is 0.0843. The van der Waals surface area contributed by atoms with Gasteiger partial charge in [-0.1, -0.05) is 30.7 Å². The molecule has 16 aromatic rings. The molecule has 0 radical (unpaired) electrons. The van der Waals surface area contributed by atoms with Gasteiger partial charge in [-0.05, 0) is 191 Å². The predicted molar refractivity (Wildman–Crippen MR) is 468 cm³/mol. The van der Waals surface area contributed by atoms with Crippen molar-refractivity contribution in [2.45, 2.75) is 111 Å². The highest BCUT2D eigenvalue weighted by atomic mass is 35.5. The monoisotopic (exact) mass is 1680 g/mol. The van der Waals surface area contributed by atoms with Crippen LogP contribution in [0.25, 0.3) is 101 Å². The van der Waals surface area contributed by atoms with Crippen LogP contribution < -0.4 is 27.1 Å². The number of halogens is 1. The number of aliphatic hydroxyl groups is 2. The van der Waals surface area contributed by atoms with Crippen LogP contribution in [0.15, 0.2) is 168 Å². The normalized spacial score (nSPS) is 16.4. The molecule has 5 fully saturated rings. The topological polar surface area (TPSA) is 342 Å². The average Bonchev–Trinajstić information content (AvgIpc) is 1.64. The van der Waals surface area contributed by atoms with Gasteiger partial charge < -0.3 is 47.8 Å². The molecule has 1 aromatic carbocycles. The van der Waals surface area contributed by atoms with Crippen LogP contribution in [-0.2, 0) is 4.74 Å². The number of likely N-dealkylation sites (N-methyl/N-ethyl adjacent to an activating group) is 1. The second kappa shape index (κ2) is 34.9. The Morgan fingerprint density at radius 2 is 1.10 bits per heavy atom. The van der Waals surface area contributed by atoms with E-state index in [0.29, 0.717) is 122 Å².